The highest BCUT2D eigenvalue weighted by Gasteiger charge is 2.33. The molecule has 3 rings (SSSR count). The summed E-state index contributed by atoms with van der Waals surface area (Å²) in [5, 5.41) is 9.65. The predicted octanol–water partition coefficient (Wildman–Crippen LogP) is 2.01. The van der Waals surface area contributed by atoms with Crippen LogP contribution in [0.15, 0.2) is 6.07 Å². The van der Waals surface area contributed by atoms with Gasteiger partial charge in [0.25, 0.3) is 5.91 Å². The summed E-state index contributed by atoms with van der Waals surface area (Å²) in [7, 11) is 4.11. The zero-order valence-corrected chi connectivity index (χ0v) is 14.4. The minimum atomic E-state index is 0.146. The van der Waals surface area contributed by atoms with Gasteiger partial charge in [0.1, 0.15) is 0 Å². The number of thiophene rings is 1. The van der Waals surface area contributed by atoms with Crippen LogP contribution in [-0.4, -0.2) is 60.6 Å². The van der Waals surface area contributed by atoms with E-state index in [0.29, 0.717) is 12.6 Å². The lowest BCUT2D eigenvalue weighted by Crippen LogP contribution is -2.51. The molecule has 122 valence electrons. The van der Waals surface area contributed by atoms with Crippen molar-refractivity contribution in [2.75, 3.05) is 33.8 Å². The lowest BCUT2D eigenvalue weighted by molar-refractivity contribution is 0.0382. The van der Waals surface area contributed by atoms with Crippen LogP contribution in [0, 0.1) is 5.92 Å². The molecule has 2 atom stereocenters. The highest BCUT2D eigenvalue weighted by molar-refractivity contribution is 7.14. The van der Waals surface area contributed by atoms with Gasteiger partial charge in [-0.15, -0.1) is 11.3 Å². The van der Waals surface area contributed by atoms with E-state index in [-0.39, 0.29) is 18.4 Å². The molecule has 1 aliphatic heterocycles. The smallest absolute Gasteiger partial charge is 0.263 e. The van der Waals surface area contributed by atoms with Crippen LogP contribution in [0.25, 0.3) is 0 Å². The number of amides is 1. The van der Waals surface area contributed by atoms with E-state index in [9.17, 15) is 9.90 Å². The molecule has 0 radical (unpaired) electrons. The fraction of sp³-hybridized carbons (Fsp3) is 0.706. The Labute approximate surface area is 136 Å². The van der Waals surface area contributed by atoms with E-state index in [2.05, 4.69) is 25.1 Å². The number of nitrogens with zero attached hydrogens (tertiary/aromatic N) is 2. The zero-order chi connectivity index (χ0) is 15.7. The van der Waals surface area contributed by atoms with Crippen molar-refractivity contribution < 1.29 is 9.90 Å². The maximum Gasteiger partial charge on any atom is 0.263 e. The van der Waals surface area contributed by atoms with E-state index in [0.717, 1.165) is 30.7 Å². The van der Waals surface area contributed by atoms with Gasteiger partial charge in [-0.25, -0.2) is 0 Å². The van der Waals surface area contributed by atoms with Crippen LogP contribution in [0.2, 0.25) is 0 Å². The molecule has 0 unspecified atom stereocenters. The van der Waals surface area contributed by atoms with Crippen LogP contribution in [-0.2, 0) is 12.8 Å². The summed E-state index contributed by atoms with van der Waals surface area (Å²) >= 11 is 1.69. The average Bonchev–Trinajstić information content (AvgIpc) is 2.97. The first-order valence-corrected chi connectivity index (χ1v) is 9.10. The lowest BCUT2D eigenvalue weighted by atomic mass is 9.91. The number of aliphatic hydroxyl groups excluding tert-OH is 1. The number of piperidine rings is 1. The topological polar surface area (TPSA) is 43.8 Å². The van der Waals surface area contributed by atoms with Gasteiger partial charge in [-0.05, 0) is 57.8 Å². The molecule has 1 N–H and O–H groups in total. The molecule has 1 fully saturated rings. The summed E-state index contributed by atoms with van der Waals surface area (Å²) in [6, 6.07) is 2.48. The Morgan fingerprint density at radius 1 is 1.41 bits per heavy atom. The molecule has 5 heteroatoms. The summed E-state index contributed by atoms with van der Waals surface area (Å²) in [6.07, 6.45) is 5.70. The van der Waals surface area contributed by atoms with E-state index < -0.39 is 0 Å². The Kier molecular flexibility index (Phi) is 4.85. The van der Waals surface area contributed by atoms with Crippen LogP contribution >= 0.6 is 11.3 Å². The maximum absolute atomic E-state index is 12.8. The normalized spacial score (nSPS) is 25.4. The number of fused-ring (bicyclic) bond motifs is 1. The number of aryl methyl sites for hydroxylation is 2. The van der Waals surface area contributed by atoms with Crippen molar-refractivity contribution in [1.29, 1.82) is 0 Å². The monoisotopic (exact) mass is 322 g/mol. The van der Waals surface area contributed by atoms with Crippen molar-refractivity contribution in [2.24, 2.45) is 5.92 Å². The quantitative estimate of drug-likeness (QED) is 0.926. The van der Waals surface area contributed by atoms with Crippen molar-refractivity contribution in [1.82, 2.24) is 9.80 Å². The van der Waals surface area contributed by atoms with E-state index >= 15 is 0 Å². The molecule has 2 aliphatic rings. The highest BCUT2D eigenvalue weighted by atomic mass is 32.1. The van der Waals surface area contributed by atoms with Crippen LogP contribution in [0.4, 0.5) is 0 Å². The van der Waals surface area contributed by atoms with E-state index in [4.69, 9.17) is 0 Å². The molecule has 1 aromatic rings. The fourth-order valence-corrected chi connectivity index (χ4v) is 5.04. The van der Waals surface area contributed by atoms with Crippen molar-refractivity contribution >= 4 is 17.2 Å². The molecule has 0 aromatic carbocycles. The van der Waals surface area contributed by atoms with Crippen molar-refractivity contribution in [2.45, 2.75) is 38.1 Å². The second kappa shape index (κ2) is 6.69. The van der Waals surface area contributed by atoms with Crippen LogP contribution in [0.1, 0.15) is 39.4 Å². The first-order chi connectivity index (χ1) is 10.6. The molecular formula is C17H26N2O2S. The number of carbonyl (C=O) groups is 1. The first kappa shape index (κ1) is 16.0. The van der Waals surface area contributed by atoms with Crippen molar-refractivity contribution in [3.8, 4) is 0 Å². The molecule has 0 bridgehead atoms. The lowest BCUT2D eigenvalue weighted by Gasteiger charge is -2.40. The van der Waals surface area contributed by atoms with Gasteiger partial charge in [-0.3, -0.25) is 4.79 Å². The van der Waals surface area contributed by atoms with Crippen molar-refractivity contribution in [3.63, 3.8) is 0 Å². The number of rotatable bonds is 3. The second-order valence-electron chi connectivity index (χ2n) is 6.78. The molecule has 1 amide bonds. The Bertz CT molecular complexity index is 517. The van der Waals surface area contributed by atoms with E-state index in [1.165, 1.54) is 23.3 Å². The number of likely N-dealkylation sites (tertiary alicyclic amines) is 1. The van der Waals surface area contributed by atoms with Crippen molar-refractivity contribution in [3.05, 3.63) is 21.4 Å². The SMILES string of the molecule is CN(C)[C@@H]1CCN(C(=O)c2cc3c(s2)CCCC3)C[C@@H]1CO. The summed E-state index contributed by atoms with van der Waals surface area (Å²) in [6.45, 7) is 1.61. The summed E-state index contributed by atoms with van der Waals surface area (Å²) < 4.78 is 0. The third-order valence-electron chi connectivity index (χ3n) is 5.09. The Balaban J connectivity index is 1.71. The van der Waals surface area contributed by atoms with Gasteiger partial charge in [0.05, 0.1) is 4.88 Å². The standard InChI is InChI=1S/C17H26N2O2S/c1-18(2)14-7-8-19(10-13(14)11-20)17(21)16-9-12-5-3-4-6-15(12)22-16/h9,13-14,20H,3-8,10-11H2,1-2H3/t13-,14-/m1/s1. The molecule has 1 saturated heterocycles. The third kappa shape index (κ3) is 3.07. The average molecular weight is 322 g/mol. The molecule has 1 aliphatic carbocycles. The molecular weight excluding hydrogens is 296 g/mol. The van der Waals surface area contributed by atoms with Crippen LogP contribution < -0.4 is 0 Å². The maximum atomic E-state index is 12.8. The molecule has 0 saturated carbocycles. The van der Waals surface area contributed by atoms with Crippen LogP contribution in [0.3, 0.4) is 0 Å². The van der Waals surface area contributed by atoms with Gasteiger partial charge < -0.3 is 14.9 Å². The largest absolute Gasteiger partial charge is 0.396 e. The summed E-state index contributed by atoms with van der Waals surface area (Å²) in [5.74, 6) is 0.317. The molecule has 4 nitrogen and oxygen atoms in total. The number of hydrogen-bond acceptors (Lipinski definition) is 4. The Hall–Kier alpha value is -0.910. The molecule has 0 spiro atoms. The number of carbonyl (C=O) groups excluding carboxylic acids is 1. The Morgan fingerprint density at radius 3 is 2.86 bits per heavy atom. The predicted molar refractivity (Wildman–Crippen MR) is 89.5 cm³/mol. The highest BCUT2D eigenvalue weighted by Crippen LogP contribution is 2.31. The van der Waals surface area contributed by atoms with Gasteiger partial charge in [-0.1, -0.05) is 0 Å². The van der Waals surface area contributed by atoms with Gasteiger partial charge in [-0.2, -0.15) is 0 Å². The molecule has 22 heavy (non-hydrogen) atoms. The zero-order valence-electron chi connectivity index (χ0n) is 13.5. The molecule has 2 heterocycles. The van der Waals surface area contributed by atoms with Gasteiger partial charge in [0, 0.05) is 36.5 Å². The van der Waals surface area contributed by atoms with Gasteiger partial charge in [0.15, 0.2) is 0 Å². The molecule has 1 aromatic heterocycles. The minimum Gasteiger partial charge on any atom is -0.396 e. The van der Waals surface area contributed by atoms with Crippen LogP contribution in [0.5, 0.6) is 0 Å². The third-order valence-corrected chi connectivity index (χ3v) is 6.31. The van der Waals surface area contributed by atoms with E-state index in [1.54, 1.807) is 11.3 Å². The minimum absolute atomic E-state index is 0.146. The Morgan fingerprint density at radius 2 is 2.18 bits per heavy atom. The first-order valence-electron chi connectivity index (χ1n) is 8.28. The summed E-state index contributed by atoms with van der Waals surface area (Å²) in [4.78, 5) is 19.2. The summed E-state index contributed by atoms with van der Waals surface area (Å²) in [5.41, 5.74) is 1.39. The van der Waals surface area contributed by atoms with E-state index in [1.807, 2.05) is 4.90 Å². The van der Waals surface area contributed by atoms with Gasteiger partial charge in [0.2, 0.25) is 0 Å². The fourth-order valence-electron chi connectivity index (χ4n) is 3.82. The number of aliphatic hydroxyl groups is 1. The number of hydrogen-bond donors (Lipinski definition) is 1. The van der Waals surface area contributed by atoms with Gasteiger partial charge >= 0.3 is 0 Å². The second-order valence-corrected chi connectivity index (χ2v) is 7.92.